The molecule has 0 amide bonds. The van der Waals surface area contributed by atoms with E-state index in [0.29, 0.717) is 0 Å². The van der Waals surface area contributed by atoms with Crippen molar-refractivity contribution in [2.75, 3.05) is 0 Å². The van der Waals surface area contributed by atoms with E-state index in [4.69, 9.17) is 15.8 Å². The first-order chi connectivity index (χ1) is 6.08. The minimum atomic E-state index is -1.54. The summed E-state index contributed by atoms with van der Waals surface area (Å²) >= 11 is 0.733. The fraction of sp³-hybridized carbons (Fsp3) is 0.250. The fourth-order valence-electron chi connectivity index (χ4n) is 0.146. The molecule has 6 nitrogen and oxygen atoms in total. The van der Waals surface area contributed by atoms with Gasteiger partial charge >= 0.3 is 26.2 Å². The van der Waals surface area contributed by atoms with Crippen LogP contribution >= 0.6 is 21.6 Å². The topological polar surface area (TPSA) is 113 Å². The van der Waals surface area contributed by atoms with E-state index in [0.717, 1.165) is 12.3 Å². The van der Waals surface area contributed by atoms with Crippen molar-refractivity contribution in [3.8, 4) is 18.2 Å². The molecule has 1 heterocycles. The molecule has 0 aromatic heterocycles. The SMILES string of the molecule is N#CC(P)(C#N)C#N.[Li+].[O-]B1OSO1. The first-order valence-electron chi connectivity index (χ1n) is 2.75. The van der Waals surface area contributed by atoms with Gasteiger partial charge in [0.15, 0.2) is 0 Å². The average Bonchev–Trinajstić information content (AvgIpc) is 2.14. The molecule has 66 valence electrons. The van der Waals surface area contributed by atoms with E-state index in [-0.39, 0.29) is 18.9 Å². The molecule has 1 saturated heterocycles. The third kappa shape index (κ3) is 6.28. The molecule has 0 bridgehead atoms. The first-order valence-corrected chi connectivity index (χ1v) is 3.99. The smallest absolute Gasteiger partial charge is 0.830 e. The molecule has 0 saturated carbocycles. The predicted octanol–water partition coefficient (Wildman–Crippen LogP) is -3.88. The van der Waals surface area contributed by atoms with Gasteiger partial charge in [-0.15, -0.1) is 0 Å². The van der Waals surface area contributed by atoms with Gasteiger partial charge in [0.05, 0.1) is 0 Å². The molecule has 0 radical (unpaired) electrons. The van der Waals surface area contributed by atoms with Gasteiger partial charge in [0.25, 0.3) is 0 Å². The Bertz CT molecular complexity index is 260. The summed E-state index contributed by atoms with van der Waals surface area (Å²) in [7, 11) is 0.639. The van der Waals surface area contributed by atoms with Crippen molar-refractivity contribution in [1.82, 2.24) is 0 Å². The Morgan fingerprint density at radius 2 is 1.50 bits per heavy atom. The molecule has 1 aliphatic heterocycles. The predicted molar refractivity (Wildman–Crippen MR) is 44.8 cm³/mol. The molecule has 1 aliphatic rings. The van der Waals surface area contributed by atoms with Crippen LogP contribution in [0.25, 0.3) is 0 Å². The van der Waals surface area contributed by atoms with E-state index in [1.165, 1.54) is 18.2 Å². The van der Waals surface area contributed by atoms with Gasteiger partial charge in [0.2, 0.25) is 5.16 Å². The maximum absolute atomic E-state index is 9.52. The van der Waals surface area contributed by atoms with Crippen LogP contribution in [-0.2, 0) is 8.20 Å². The maximum Gasteiger partial charge on any atom is 1.00 e. The largest absolute Gasteiger partial charge is 1.00 e. The van der Waals surface area contributed by atoms with Crippen LogP contribution in [0.1, 0.15) is 0 Å². The van der Waals surface area contributed by atoms with Crippen molar-refractivity contribution >= 4 is 28.9 Å². The first kappa shape index (κ1) is 16.2. The Morgan fingerprint density at radius 3 is 1.50 bits per heavy atom. The minimum Gasteiger partial charge on any atom is -0.830 e. The molecule has 14 heavy (non-hydrogen) atoms. The van der Waals surface area contributed by atoms with Crippen LogP contribution in [-0.4, -0.2) is 12.5 Å². The van der Waals surface area contributed by atoms with Crippen LogP contribution in [0.3, 0.4) is 0 Å². The Kier molecular flexibility index (Phi) is 9.43. The standard InChI is InChI=1S/C4H2N3P.BO3S.Li/c5-1-4(8,2-6)3-7;2-1-3-5-4-1;/h8H2;;/q;-1;+1. The summed E-state index contributed by atoms with van der Waals surface area (Å²) in [5, 5.41) is 32.2. The van der Waals surface area contributed by atoms with Crippen molar-refractivity contribution in [1.29, 1.82) is 15.8 Å². The molecule has 0 aromatic carbocycles. The number of rotatable bonds is 0. The maximum atomic E-state index is 9.52. The van der Waals surface area contributed by atoms with Crippen LogP contribution in [0, 0.1) is 34.0 Å². The van der Waals surface area contributed by atoms with E-state index < -0.39 is 12.5 Å². The third-order valence-electron chi connectivity index (χ3n) is 0.765. The third-order valence-corrected chi connectivity index (χ3v) is 1.62. The Hall–Kier alpha value is -0.208. The van der Waals surface area contributed by atoms with Crippen molar-refractivity contribution in [3.05, 3.63) is 0 Å². The Morgan fingerprint density at radius 1 is 1.21 bits per heavy atom. The van der Waals surface area contributed by atoms with Crippen LogP contribution in [0.5, 0.6) is 0 Å². The summed E-state index contributed by atoms with van der Waals surface area (Å²) in [5.41, 5.74) is 0. The van der Waals surface area contributed by atoms with Gasteiger partial charge in [-0.25, -0.2) is 0 Å². The van der Waals surface area contributed by atoms with Gasteiger partial charge in [-0.1, -0.05) is 9.24 Å². The van der Waals surface area contributed by atoms with Crippen LogP contribution in [0.4, 0.5) is 0 Å². The zero-order valence-electron chi connectivity index (χ0n) is 7.13. The summed E-state index contributed by atoms with van der Waals surface area (Å²) in [6.45, 7) is 0. The number of hydrogen-bond acceptors (Lipinski definition) is 7. The molecule has 0 aliphatic carbocycles. The molecular formula is C4H2BLiN3O3PS. The Labute approximate surface area is 100 Å². The number of nitrogens with zero attached hydrogens (tertiary/aromatic N) is 3. The molecule has 1 unspecified atom stereocenters. The van der Waals surface area contributed by atoms with Crippen LogP contribution in [0.15, 0.2) is 0 Å². The van der Waals surface area contributed by atoms with E-state index in [2.05, 4.69) is 8.20 Å². The average molecular weight is 221 g/mol. The van der Waals surface area contributed by atoms with Gasteiger partial charge in [-0.2, -0.15) is 15.8 Å². The van der Waals surface area contributed by atoms with Crippen LogP contribution < -0.4 is 23.9 Å². The molecule has 0 spiro atoms. The molecule has 1 atom stereocenters. The number of nitriles is 3. The van der Waals surface area contributed by atoms with Gasteiger partial charge in [0.1, 0.15) is 30.5 Å². The minimum absolute atomic E-state index is 0. The fourth-order valence-corrected chi connectivity index (χ4v) is 0.289. The van der Waals surface area contributed by atoms with E-state index in [1.807, 2.05) is 9.24 Å². The summed E-state index contributed by atoms with van der Waals surface area (Å²) in [5.74, 6) is 0. The van der Waals surface area contributed by atoms with Crippen molar-refractivity contribution < 1.29 is 32.1 Å². The second kappa shape index (κ2) is 8.13. The van der Waals surface area contributed by atoms with Gasteiger partial charge in [-0.3, -0.25) is 0 Å². The van der Waals surface area contributed by atoms with Crippen LogP contribution in [0.2, 0.25) is 0 Å². The molecular weight excluding hydrogens is 219 g/mol. The molecule has 1 fully saturated rings. The van der Waals surface area contributed by atoms with Crippen molar-refractivity contribution in [2.24, 2.45) is 0 Å². The molecule has 0 N–H and O–H groups in total. The second-order valence-electron chi connectivity index (χ2n) is 1.69. The summed E-state index contributed by atoms with van der Waals surface area (Å²) < 4.78 is 8.14. The quantitative estimate of drug-likeness (QED) is 0.233. The van der Waals surface area contributed by atoms with E-state index in [1.54, 1.807) is 0 Å². The zero-order valence-corrected chi connectivity index (χ0v) is 9.10. The van der Waals surface area contributed by atoms with E-state index >= 15 is 0 Å². The van der Waals surface area contributed by atoms with Gasteiger partial charge in [0, 0.05) is 0 Å². The normalized spacial score (nSPS) is 12.6. The monoisotopic (exact) mass is 221 g/mol. The summed E-state index contributed by atoms with van der Waals surface area (Å²) in [6, 6.07) is 4.56. The van der Waals surface area contributed by atoms with Gasteiger partial charge in [-0.05, 0) is 0 Å². The molecule has 10 heteroatoms. The van der Waals surface area contributed by atoms with E-state index in [9.17, 15) is 5.02 Å². The summed E-state index contributed by atoms with van der Waals surface area (Å²) in [6.07, 6.45) is 0. The Balaban J connectivity index is 0. The van der Waals surface area contributed by atoms with Gasteiger partial charge < -0.3 is 13.2 Å². The molecule has 1 rings (SSSR count). The number of hydrogen-bond donors (Lipinski definition) is 0. The van der Waals surface area contributed by atoms with Crippen molar-refractivity contribution in [2.45, 2.75) is 5.16 Å². The van der Waals surface area contributed by atoms with Crippen molar-refractivity contribution in [3.63, 3.8) is 0 Å². The summed E-state index contributed by atoms with van der Waals surface area (Å²) in [4.78, 5) is 0. The molecule has 0 aromatic rings. The zero-order chi connectivity index (χ0) is 10.3. The second-order valence-corrected chi connectivity index (χ2v) is 3.08.